The Balaban J connectivity index is 1.41. The van der Waals surface area contributed by atoms with Gasteiger partial charge in [0, 0.05) is 13.1 Å². The van der Waals surface area contributed by atoms with Gasteiger partial charge in [0.15, 0.2) is 6.10 Å². The summed E-state index contributed by atoms with van der Waals surface area (Å²) in [6.45, 7) is 3.02. The lowest BCUT2D eigenvalue weighted by Crippen LogP contribution is -2.40. The normalized spacial score (nSPS) is 17.0. The Bertz CT molecular complexity index is 1020. The van der Waals surface area contributed by atoms with Gasteiger partial charge in [0.2, 0.25) is 0 Å². The molecule has 1 fully saturated rings. The third kappa shape index (κ3) is 4.42. The molecule has 2 heterocycles. The molecule has 0 aromatic heterocycles. The number of fused-ring (bicyclic) bond motifs is 1. The second kappa shape index (κ2) is 9.34. The molecular weight excluding hydrogens is 408 g/mol. The average Bonchev–Trinajstić information content (AvgIpc) is 3.00. The van der Waals surface area contributed by atoms with Crippen molar-refractivity contribution in [2.75, 3.05) is 13.1 Å². The van der Waals surface area contributed by atoms with Crippen LogP contribution in [0.1, 0.15) is 69.2 Å². The number of likely N-dealkylation sites (tertiary alicyclic amines) is 1. The van der Waals surface area contributed by atoms with Gasteiger partial charge in [-0.05, 0) is 49.6 Å². The zero-order chi connectivity index (χ0) is 22.7. The van der Waals surface area contributed by atoms with Gasteiger partial charge in [0.25, 0.3) is 17.7 Å². The number of hydrogen-bond donors (Lipinski definition) is 0. The second-order valence-corrected chi connectivity index (χ2v) is 8.23. The zero-order valence-electron chi connectivity index (χ0n) is 18.1. The minimum absolute atomic E-state index is 0.0513. The van der Waals surface area contributed by atoms with Crippen molar-refractivity contribution in [2.24, 2.45) is 0 Å². The highest BCUT2D eigenvalue weighted by molar-refractivity contribution is 6.21. The molecule has 0 aliphatic carbocycles. The number of imide groups is 1. The number of benzene rings is 2. The SMILES string of the molecule is C[C@@H](OC(=O)c1cccc(CN2C(=O)c3ccccc3C2=O)c1)C(=O)N1CCCCCC1. The second-order valence-electron chi connectivity index (χ2n) is 8.23. The highest BCUT2D eigenvalue weighted by Gasteiger charge is 2.35. The van der Waals surface area contributed by atoms with E-state index >= 15 is 0 Å². The number of carbonyl (C=O) groups excluding carboxylic acids is 4. The van der Waals surface area contributed by atoms with Gasteiger partial charge in [-0.1, -0.05) is 37.1 Å². The van der Waals surface area contributed by atoms with Crippen LogP contribution in [0.2, 0.25) is 0 Å². The van der Waals surface area contributed by atoms with E-state index in [-0.39, 0.29) is 29.8 Å². The quantitative estimate of drug-likeness (QED) is 0.532. The monoisotopic (exact) mass is 434 g/mol. The molecule has 3 amide bonds. The van der Waals surface area contributed by atoms with E-state index in [1.165, 1.54) is 4.90 Å². The summed E-state index contributed by atoms with van der Waals surface area (Å²) in [6.07, 6.45) is 3.27. The highest BCUT2D eigenvalue weighted by atomic mass is 16.5. The summed E-state index contributed by atoms with van der Waals surface area (Å²) in [7, 11) is 0. The molecule has 2 aromatic rings. The Kier molecular flexibility index (Phi) is 6.35. The molecule has 32 heavy (non-hydrogen) atoms. The van der Waals surface area contributed by atoms with Crippen LogP contribution in [0.3, 0.4) is 0 Å². The molecule has 2 aromatic carbocycles. The number of amides is 3. The third-order valence-electron chi connectivity index (χ3n) is 5.93. The van der Waals surface area contributed by atoms with Gasteiger partial charge < -0.3 is 9.64 Å². The van der Waals surface area contributed by atoms with Gasteiger partial charge in [-0.2, -0.15) is 0 Å². The Morgan fingerprint density at radius 2 is 1.53 bits per heavy atom. The molecule has 0 bridgehead atoms. The molecule has 166 valence electrons. The first-order valence-electron chi connectivity index (χ1n) is 11.0. The molecule has 0 unspecified atom stereocenters. The smallest absolute Gasteiger partial charge is 0.338 e. The van der Waals surface area contributed by atoms with Crippen molar-refractivity contribution < 1.29 is 23.9 Å². The topological polar surface area (TPSA) is 84.0 Å². The van der Waals surface area contributed by atoms with Crippen LogP contribution in [0.25, 0.3) is 0 Å². The van der Waals surface area contributed by atoms with Gasteiger partial charge in [-0.25, -0.2) is 4.79 Å². The van der Waals surface area contributed by atoms with Crippen molar-refractivity contribution in [1.29, 1.82) is 0 Å². The van der Waals surface area contributed by atoms with Crippen LogP contribution in [0, 0.1) is 0 Å². The Hall–Kier alpha value is -3.48. The van der Waals surface area contributed by atoms with E-state index in [4.69, 9.17) is 4.74 Å². The van der Waals surface area contributed by atoms with E-state index in [0.717, 1.165) is 25.7 Å². The first-order chi connectivity index (χ1) is 15.5. The fourth-order valence-electron chi connectivity index (χ4n) is 4.19. The summed E-state index contributed by atoms with van der Waals surface area (Å²) >= 11 is 0. The van der Waals surface area contributed by atoms with Crippen molar-refractivity contribution >= 4 is 23.7 Å². The predicted molar refractivity (Wildman–Crippen MR) is 117 cm³/mol. The molecule has 1 saturated heterocycles. The average molecular weight is 434 g/mol. The Morgan fingerprint density at radius 3 is 2.16 bits per heavy atom. The molecular formula is C25H26N2O5. The van der Waals surface area contributed by atoms with E-state index in [1.54, 1.807) is 60.4 Å². The molecule has 0 spiro atoms. The standard InChI is InChI=1S/C25H26N2O5/c1-17(22(28)26-13-6-2-3-7-14-26)32-25(31)19-10-8-9-18(15-19)16-27-23(29)20-11-4-5-12-21(20)24(27)30/h4-5,8-12,15,17H,2-3,6-7,13-14,16H2,1H3/t17-/m1/s1. The fraction of sp³-hybridized carbons (Fsp3) is 0.360. The van der Waals surface area contributed by atoms with Crippen LogP contribution in [-0.2, 0) is 16.1 Å². The Morgan fingerprint density at radius 1 is 0.906 bits per heavy atom. The van der Waals surface area contributed by atoms with Crippen molar-refractivity contribution in [3.05, 3.63) is 70.8 Å². The van der Waals surface area contributed by atoms with E-state index in [1.807, 2.05) is 0 Å². The van der Waals surface area contributed by atoms with E-state index in [9.17, 15) is 19.2 Å². The molecule has 0 saturated carbocycles. The summed E-state index contributed by atoms with van der Waals surface area (Å²) in [5.74, 6) is -1.49. The number of rotatable bonds is 5. The first-order valence-corrected chi connectivity index (χ1v) is 11.0. The van der Waals surface area contributed by atoms with Crippen LogP contribution < -0.4 is 0 Å². The molecule has 4 rings (SSSR count). The lowest BCUT2D eigenvalue weighted by atomic mass is 10.1. The summed E-state index contributed by atoms with van der Waals surface area (Å²) < 4.78 is 5.43. The summed E-state index contributed by atoms with van der Waals surface area (Å²) in [4.78, 5) is 53.5. The number of hydrogen-bond acceptors (Lipinski definition) is 5. The van der Waals surface area contributed by atoms with Crippen LogP contribution in [0.15, 0.2) is 48.5 Å². The van der Waals surface area contributed by atoms with Crippen LogP contribution in [0.4, 0.5) is 0 Å². The summed E-state index contributed by atoms with van der Waals surface area (Å²) in [5.41, 5.74) is 1.66. The summed E-state index contributed by atoms with van der Waals surface area (Å²) in [6, 6.07) is 13.3. The maximum atomic E-state index is 12.7. The lowest BCUT2D eigenvalue weighted by molar-refractivity contribution is -0.139. The largest absolute Gasteiger partial charge is 0.449 e. The van der Waals surface area contributed by atoms with Crippen LogP contribution in [0.5, 0.6) is 0 Å². The van der Waals surface area contributed by atoms with Gasteiger partial charge in [-0.15, -0.1) is 0 Å². The molecule has 1 atom stereocenters. The molecule has 2 aliphatic heterocycles. The van der Waals surface area contributed by atoms with Crippen molar-refractivity contribution in [2.45, 2.75) is 45.3 Å². The summed E-state index contributed by atoms with van der Waals surface area (Å²) in [5, 5.41) is 0. The van der Waals surface area contributed by atoms with Crippen molar-refractivity contribution in [3.8, 4) is 0 Å². The van der Waals surface area contributed by atoms with E-state index in [2.05, 4.69) is 0 Å². The van der Waals surface area contributed by atoms with Crippen molar-refractivity contribution in [3.63, 3.8) is 0 Å². The number of ether oxygens (including phenoxy) is 1. The number of nitrogens with zero attached hydrogens (tertiary/aromatic N) is 2. The first kappa shape index (κ1) is 21.7. The molecule has 0 radical (unpaired) electrons. The highest BCUT2D eigenvalue weighted by Crippen LogP contribution is 2.24. The number of carbonyl (C=O) groups is 4. The molecule has 7 nitrogen and oxygen atoms in total. The van der Waals surface area contributed by atoms with E-state index < -0.39 is 12.1 Å². The minimum Gasteiger partial charge on any atom is -0.449 e. The maximum absolute atomic E-state index is 12.7. The molecule has 2 aliphatic rings. The van der Waals surface area contributed by atoms with Crippen LogP contribution in [-0.4, -0.2) is 52.7 Å². The van der Waals surface area contributed by atoms with Crippen molar-refractivity contribution in [1.82, 2.24) is 9.80 Å². The lowest BCUT2D eigenvalue weighted by Gasteiger charge is -2.24. The minimum atomic E-state index is -0.875. The maximum Gasteiger partial charge on any atom is 0.338 e. The molecule has 7 heteroatoms. The third-order valence-corrected chi connectivity index (χ3v) is 5.93. The molecule has 0 N–H and O–H groups in total. The van der Waals surface area contributed by atoms with Crippen LogP contribution >= 0.6 is 0 Å². The number of esters is 1. The van der Waals surface area contributed by atoms with E-state index in [0.29, 0.717) is 29.8 Å². The van der Waals surface area contributed by atoms with Gasteiger partial charge in [-0.3, -0.25) is 19.3 Å². The van der Waals surface area contributed by atoms with Gasteiger partial charge >= 0.3 is 5.97 Å². The predicted octanol–water partition coefficient (Wildman–Crippen LogP) is 3.43. The van der Waals surface area contributed by atoms with Gasteiger partial charge in [0.05, 0.1) is 23.2 Å². The zero-order valence-corrected chi connectivity index (χ0v) is 18.1. The van der Waals surface area contributed by atoms with Gasteiger partial charge in [0.1, 0.15) is 0 Å². The fourth-order valence-corrected chi connectivity index (χ4v) is 4.19. The Labute approximate surface area is 187 Å².